The fourth-order valence-electron chi connectivity index (χ4n) is 2.59. The van der Waals surface area contributed by atoms with Crippen LogP contribution >= 0.6 is 0 Å². The summed E-state index contributed by atoms with van der Waals surface area (Å²) in [6.07, 6.45) is 1.42. The molecule has 0 aliphatic carbocycles. The summed E-state index contributed by atoms with van der Waals surface area (Å²) >= 11 is 0. The molecule has 0 fully saturated rings. The topological polar surface area (TPSA) is 80.6 Å². The van der Waals surface area contributed by atoms with Crippen molar-refractivity contribution in [3.63, 3.8) is 0 Å². The lowest BCUT2D eigenvalue weighted by Gasteiger charge is -2.08. The minimum atomic E-state index is -0.436. The maximum Gasteiger partial charge on any atom is 0.287 e. The van der Waals surface area contributed by atoms with Crippen LogP contribution in [0.4, 0.5) is 4.39 Å². The van der Waals surface area contributed by atoms with Crippen LogP contribution in [0.15, 0.2) is 65.3 Å². The largest absolute Gasteiger partial charge is 0.489 e. The molecule has 0 unspecified atom stereocenters. The van der Waals surface area contributed by atoms with E-state index >= 15 is 0 Å². The number of nitrogens with one attached hydrogen (secondary N) is 2. The van der Waals surface area contributed by atoms with Gasteiger partial charge >= 0.3 is 0 Å². The van der Waals surface area contributed by atoms with Crippen LogP contribution in [0.2, 0.25) is 0 Å². The van der Waals surface area contributed by atoms with E-state index in [-0.39, 0.29) is 31.0 Å². The maximum absolute atomic E-state index is 13.5. The zero-order valence-electron chi connectivity index (χ0n) is 15.9. The van der Waals surface area contributed by atoms with E-state index < -0.39 is 17.6 Å². The lowest BCUT2D eigenvalue weighted by molar-refractivity contribution is 0.0908. The van der Waals surface area contributed by atoms with Gasteiger partial charge in [-0.15, -0.1) is 0 Å². The van der Waals surface area contributed by atoms with E-state index in [2.05, 4.69) is 10.6 Å². The first-order valence-corrected chi connectivity index (χ1v) is 9.11. The number of benzene rings is 2. The summed E-state index contributed by atoms with van der Waals surface area (Å²) in [7, 11) is 0. The predicted octanol–water partition coefficient (Wildman–Crippen LogP) is 3.47. The molecule has 2 N–H and O–H groups in total. The number of hydrogen-bond donors (Lipinski definition) is 2. The zero-order valence-corrected chi connectivity index (χ0v) is 15.9. The Hall–Kier alpha value is -3.61. The average Bonchev–Trinajstić information content (AvgIpc) is 3.21. The van der Waals surface area contributed by atoms with Crippen LogP contribution < -0.4 is 15.4 Å². The molecule has 0 saturated carbocycles. The number of halogens is 1. The zero-order chi connectivity index (χ0) is 20.6. The molecule has 3 aromatic rings. The standard InChI is InChI=1S/C22H21FN2O4/c1-15-7-8-16(13-19(15)23)21(26)24-10-11-25-22(27)20-17(9-12-28-20)14-29-18-5-3-2-4-6-18/h2-9,12-13H,10-11,14H2,1H3,(H,24,26)(H,25,27). The van der Waals surface area contributed by atoms with Crippen molar-refractivity contribution in [1.82, 2.24) is 10.6 Å². The molecule has 0 aliphatic rings. The third kappa shape index (κ3) is 5.44. The quantitative estimate of drug-likeness (QED) is 0.572. The highest BCUT2D eigenvalue weighted by Gasteiger charge is 2.16. The Kier molecular flexibility index (Phi) is 6.63. The maximum atomic E-state index is 13.5. The van der Waals surface area contributed by atoms with Crippen molar-refractivity contribution in [2.75, 3.05) is 13.1 Å². The van der Waals surface area contributed by atoms with Crippen molar-refractivity contribution >= 4 is 11.8 Å². The summed E-state index contributed by atoms with van der Waals surface area (Å²) < 4.78 is 24.4. The molecule has 1 heterocycles. The third-order valence-electron chi connectivity index (χ3n) is 4.22. The molecule has 0 spiro atoms. The predicted molar refractivity (Wildman–Crippen MR) is 105 cm³/mol. The lowest BCUT2D eigenvalue weighted by atomic mass is 10.1. The van der Waals surface area contributed by atoms with Gasteiger partial charge in [-0.1, -0.05) is 24.3 Å². The Balaban J connectivity index is 1.45. The summed E-state index contributed by atoms with van der Waals surface area (Å²) in [5.41, 5.74) is 1.32. The highest BCUT2D eigenvalue weighted by atomic mass is 19.1. The van der Waals surface area contributed by atoms with Crippen LogP contribution in [-0.4, -0.2) is 24.9 Å². The van der Waals surface area contributed by atoms with E-state index in [1.165, 1.54) is 12.3 Å². The van der Waals surface area contributed by atoms with Gasteiger partial charge in [0.25, 0.3) is 11.8 Å². The van der Waals surface area contributed by atoms with E-state index in [1.54, 1.807) is 25.1 Å². The molecule has 0 aliphatic heterocycles. The molecular formula is C22H21FN2O4. The van der Waals surface area contributed by atoms with Gasteiger partial charge in [-0.3, -0.25) is 9.59 Å². The summed E-state index contributed by atoms with van der Waals surface area (Å²) in [6, 6.07) is 15.2. The highest BCUT2D eigenvalue weighted by Crippen LogP contribution is 2.15. The Morgan fingerprint density at radius 2 is 1.72 bits per heavy atom. The Morgan fingerprint density at radius 1 is 1.00 bits per heavy atom. The molecule has 0 atom stereocenters. The SMILES string of the molecule is Cc1ccc(C(=O)NCCNC(=O)c2occc2COc2ccccc2)cc1F. The number of carbonyl (C=O) groups excluding carboxylic acids is 2. The first kappa shape index (κ1) is 20.1. The number of hydrogen-bond acceptors (Lipinski definition) is 4. The first-order chi connectivity index (χ1) is 14.0. The molecule has 2 aromatic carbocycles. The van der Waals surface area contributed by atoms with Crippen molar-refractivity contribution in [2.24, 2.45) is 0 Å². The fraction of sp³-hybridized carbons (Fsp3) is 0.182. The van der Waals surface area contributed by atoms with Crippen LogP contribution in [0.5, 0.6) is 5.75 Å². The minimum absolute atomic E-state index is 0.160. The Bertz CT molecular complexity index is 985. The summed E-state index contributed by atoms with van der Waals surface area (Å²) in [6.45, 7) is 2.20. The van der Waals surface area contributed by atoms with Crippen LogP contribution in [0, 0.1) is 12.7 Å². The molecule has 7 heteroatoms. The third-order valence-corrected chi connectivity index (χ3v) is 4.22. The molecule has 0 bridgehead atoms. The van der Waals surface area contributed by atoms with Gasteiger partial charge in [0.1, 0.15) is 18.2 Å². The second-order valence-corrected chi connectivity index (χ2v) is 6.35. The van der Waals surface area contributed by atoms with Gasteiger partial charge in [-0.05, 0) is 42.8 Å². The number of ether oxygens (including phenoxy) is 1. The molecule has 2 amide bonds. The fourth-order valence-corrected chi connectivity index (χ4v) is 2.59. The monoisotopic (exact) mass is 396 g/mol. The molecule has 1 aromatic heterocycles. The number of rotatable bonds is 8. The minimum Gasteiger partial charge on any atom is -0.489 e. The summed E-state index contributed by atoms with van der Waals surface area (Å²) in [4.78, 5) is 24.3. The molecule has 3 rings (SSSR count). The van der Waals surface area contributed by atoms with Crippen molar-refractivity contribution in [1.29, 1.82) is 0 Å². The normalized spacial score (nSPS) is 10.4. The van der Waals surface area contributed by atoms with Crippen LogP contribution in [-0.2, 0) is 6.61 Å². The molecule has 29 heavy (non-hydrogen) atoms. The van der Waals surface area contributed by atoms with Crippen molar-refractivity contribution in [3.05, 3.63) is 89.1 Å². The van der Waals surface area contributed by atoms with Gasteiger partial charge in [-0.25, -0.2) is 4.39 Å². The number of furan rings is 1. The van der Waals surface area contributed by atoms with Gasteiger partial charge < -0.3 is 19.8 Å². The van der Waals surface area contributed by atoms with Crippen LogP contribution in [0.1, 0.15) is 32.0 Å². The van der Waals surface area contributed by atoms with Gasteiger partial charge in [0, 0.05) is 24.2 Å². The van der Waals surface area contributed by atoms with E-state index in [1.807, 2.05) is 30.3 Å². The Morgan fingerprint density at radius 3 is 2.45 bits per heavy atom. The highest BCUT2D eigenvalue weighted by molar-refractivity contribution is 5.94. The number of aryl methyl sites for hydroxylation is 1. The molecular weight excluding hydrogens is 375 g/mol. The lowest BCUT2D eigenvalue weighted by Crippen LogP contribution is -2.35. The molecule has 0 saturated heterocycles. The van der Waals surface area contributed by atoms with E-state index in [4.69, 9.17) is 9.15 Å². The van der Waals surface area contributed by atoms with E-state index in [0.29, 0.717) is 16.9 Å². The average molecular weight is 396 g/mol. The van der Waals surface area contributed by atoms with Gasteiger partial charge in [0.15, 0.2) is 5.76 Å². The van der Waals surface area contributed by atoms with Crippen molar-refractivity contribution in [2.45, 2.75) is 13.5 Å². The summed E-state index contributed by atoms with van der Waals surface area (Å²) in [5, 5.41) is 5.31. The van der Waals surface area contributed by atoms with Crippen molar-refractivity contribution < 1.29 is 23.1 Å². The number of carbonyl (C=O) groups is 2. The first-order valence-electron chi connectivity index (χ1n) is 9.11. The second kappa shape index (κ2) is 9.54. The summed E-state index contributed by atoms with van der Waals surface area (Å²) in [5.74, 6) is -0.400. The van der Waals surface area contributed by atoms with E-state index in [9.17, 15) is 14.0 Å². The second-order valence-electron chi connectivity index (χ2n) is 6.35. The smallest absolute Gasteiger partial charge is 0.287 e. The molecule has 150 valence electrons. The van der Waals surface area contributed by atoms with Crippen LogP contribution in [0.25, 0.3) is 0 Å². The van der Waals surface area contributed by atoms with Crippen molar-refractivity contribution in [3.8, 4) is 5.75 Å². The number of para-hydroxylation sites is 1. The Labute approximate surface area is 167 Å². The molecule has 0 radical (unpaired) electrons. The van der Waals surface area contributed by atoms with Gasteiger partial charge in [0.05, 0.1) is 6.26 Å². The van der Waals surface area contributed by atoms with Gasteiger partial charge in [-0.2, -0.15) is 0 Å². The van der Waals surface area contributed by atoms with Crippen LogP contribution in [0.3, 0.4) is 0 Å². The van der Waals surface area contributed by atoms with E-state index in [0.717, 1.165) is 0 Å². The number of amides is 2. The molecule has 6 nitrogen and oxygen atoms in total. The van der Waals surface area contributed by atoms with Gasteiger partial charge in [0.2, 0.25) is 0 Å².